The topological polar surface area (TPSA) is 59.2 Å². The van der Waals surface area contributed by atoms with Crippen LogP contribution in [0.2, 0.25) is 0 Å². The highest BCUT2D eigenvalue weighted by Crippen LogP contribution is 2.39. The number of amides is 1. The van der Waals surface area contributed by atoms with Crippen LogP contribution < -0.4 is 0 Å². The first kappa shape index (κ1) is 15.7. The standard InChI is InChI=1S/C18H21N3O2S/c1-11-3-4-14-10-16(24-15(14)9-11)18(22)21-7-5-13(6-8-21)17-19-12(2)20-23-17/h3-4,9,13,16H,5-8,10H2,1-2H3/t16-/m1/s1. The maximum absolute atomic E-state index is 12.9. The molecule has 0 bridgehead atoms. The zero-order chi connectivity index (χ0) is 16.7. The predicted octanol–water partition coefficient (Wildman–Crippen LogP) is 3.11. The molecule has 2 aliphatic heterocycles. The van der Waals surface area contributed by atoms with Crippen molar-refractivity contribution in [1.29, 1.82) is 0 Å². The molecule has 1 aromatic heterocycles. The number of piperidine rings is 1. The highest BCUT2D eigenvalue weighted by Gasteiger charge is 2.34. The van der Waals surface area contributed by atoms with Gasteiger partial charge in [-0.3, -0.25) is 4.79 Å². The fourth-order valence-electron chi connectivity index (χ4n) is 3.50. The van der Waals surface area contributed by atoms with Crippen molar-refractivity contribution < 1.29 is 9.32 Å². The molecular weight excluding hydrogens is 322 g/mol. The molecule has 3 heterocycles. The Morgan fingerprint density at radius 1 is 1.29 bits per heavy atom. The van der Waals surface area contributed by atoms with E-state index < -0.39 is 0 Å². The number of benzene rings is 1. The van der Waals surface area contributed by atoms with Crippen molar-refractivity contribution in [3.63, 3.8) is 0 Å². The second kappa shape index (κ2) is 6.24. The van der Waals surface area contributed by atoms with Crippen LogP contribution in [0.15, 0.2) is 27.6 Å². The third-order valence-corrected chi connectivity index (χ3v) is 6.16. The molecule has 1 amide bonds. The first-order valence-electron chi connectivity index (χ1n) is 8.45. The fraction of sp³-hybridized carbons (Fsp3) is 0.500. The summed E-state index contributed by atoms with van der Waals surface area (Å²) in [5.41, 5.74) is 2.56. The SMILES string of the molecule is Cc1ccc2c(c1)S[C@@H](C(=O)N1CCC(c3nc(C)no3)CC1)C2. The van der Waals surface area contributed by atoms with E-state index in [9.17, 15) is 4.79 Å². The van der Waals surface area contributed by atoms with Crippen molar-refractivity contribution in [1.82, 2.24) is 15.0 Å². The van der Waals surface area contributed by atoms with Gasteiger partial charge in [-0.15, -0.1) is 11.8 Å². The average Bonchev–Trinajstić information content (AvgIpc) is 3.20. The van der Waals surface area contributed by atoms with Gasteiger partial charge in [-0.2, -0.15) is 4.98 Å². The second-order valence-electron chi connectivity index (χ2n) is 6.70. The Balaban J connectivity index is 1.37. The van der Waals surface area contributed by atoms with Gasteiger partial charge in [0.1, 0.15) is 0 Å². The lowest BCUT2D eigenvalue weighted by molar-refractivity contribution is -0.131. The van der Waals surface area contributed by atoms with Crippen molar-refractivity contribution in [2.45, 2.75) is 49.2 Å². The number of fused-ring (bicyclic) bond motifs is 1. The lowest BCUT2D eigenvalue weighted by Crippen LogP contribution is -2.42. The minimum Gasteiger partial charge on any atom is -0.342 e. The first-order chi connectivity index (χ1) is 11.6. The molecule has 126 valence electrons. The Morgan fingerprint density at radius 3 is 2.79 bits per heavy atom. The Bertz CT molecular complexity index is 765. The molecule has 0 unspecified atom stereocenters. The van der Waals surface area contributed by atoms with E-state index in [2.05, 4.69) is 35.3 Å². The van der Waals surface area contributed by atoms with E-state index in [1.165, 1.54) is 16.0 Å². The zero-order valence-electron chi connectivity index (χ0n) is 14.0. The maximum atomic E-state index is 12.9. The van der Waals surface area contributed by atoms with Gasteiger partial charge in [0.2, 0.25) is 11.8 Å². The summed E-state index contributed by atoms with van der Waals surface area (Å²) in [5.74, 6) is 1.96. The van der Waals surface area contributed by atoms with Gasteiger partial charge in [-0.25, -0.2) is 0 Å². The van der Waals surface area contributed by atoms with E-state index in [1.54, 1.807) is 11.8 Å². The number of aryl methyl sites for hydroxylation is 2. The number of likely N-dealkylation sites (tertiary alicyclic amines) is 1. The van der Waals surface area contributed by atoms with Crippen LogP contribution in [0.25, 0.3) is 0 Å². The molecule has 2 aliphatic rings. The first-order valence-corrected chi connectivity index (χ1v) is 9.33. The van der Waals surface area contributed by atoms with Crippen LogP contribution in [-0.4, -0.2) is 39.3 Å². The number of thioether (sulfide) groups is 1. The molecule has 24 heavy (non-hydrogen) atoms. The summed E-state index contributed by atoms with van der Waals surface area (Å²) in [4.78, 5) is 20.5. The lowest BCUT2D eigenvalue weighted by atomic mass is 9.96. The summed E-state index contributed by atoms with van der Waals surface area (Å²) in [6.07, 6.45) is 2.65. The number of hydrogen-bond donors (Lipinski definition) is 0. The van der Waals surface area contributed by atoms with Gasteiger partial charge >= 0.3 is 0 Å². The Labute approximate surface area is 145 Å². The Hall–Kier alpha value is -1.82. The molecule has 1 atom stereocenters. The van der Waals surface area contributed by atoms with Gasteiger partial charge in [0.15, 0.2) is 5.82 Å². The smallest absolute Gasteiger partial charge is 0.236 e. The normalized spacial score (nSPS) is 21.1. The van der Waals surface area contributed by atoms with Crippen molar-refractivity contribution in [2.24, 2.45) is 0 Å². The summed E-state index contributed by atoms with van der Waals surface area (Å²) in [6.45, 7) is 5.48. The van der Waals surface area contributed by atoms with E-state index in [-0.39, 0.29) is 17.1 Å². The average molecular weight is 343 g/mol. The quantitative estimate of drug-likeness (QED) is 0.838. The molecule has 1 aromatic carbocycles. The third-order valence-electron chi connectivity index (χ3n) is 4.87. The van der Waals surface area contributed by atoms with Crippen LogP contribution in [0.3, 0.4) is 0 Å². The van der Waals surface area contributed by atoms with E-state index in [0.717, 1.165) is 38.2 Å². The summed E-state index contributed by atoms with van der Waals surface area (Å²) in [7, 11) is 0. The minimum absolute atomic E-state index is 0.0315. The number of nitrogens with zero attached hydrogens (tertiary/aromatic N) is 3. The highest BCUT2D eigenvalue weighted by molar-refractivity contribution is 8.01. The molecule has 6 heteroatoms. The van der Waals surface area contributed by atoms with E-state index in [0.29, 0.717) is 5.82 Å². The Kier molecular flexibility index (Phi) is 4.08. The van der Waals surface area contributed by atoms with Crippen LogP contribution in [0, 0.1) is 13.8 Å². The zero-order valence-corrected chi connectivity index (χ0v) is 14.8. The van der Waals surface area contributed by atoms with Crippen LogP contribution in [-0.2, 0) is 11.2 Å². The number of carbonyl (C=O) groups is 1. The van der Waals surface area contributed by atoms with Gasteiger partial charge in [-0.1, -0.05) is 22.9 Å². The summed E-state index contributed by atoms with van der Waals surface area (Å²) >= 11 is 1.72. The molecular formula is C18H21N3O2S. The molecule has 0 radical (unpaired) electrons. The van der Waals surface area contributed by atoms with Crippen LogP contribution in [0.1, 0.15) is 41.6 Å². The van der Waals surface area contributed by atoms with Crippen molar-refractivity contribution in [3.8, 4) is 0 Å². The molecule has 0 aliphatic carbocycles. The second-order valence-corrected chi connectivity index (χ2v) is 7.95. The number of aromatic nitrogens is 2. The van der Waals surface area contributed by atoms with Crippen LogP contribution in [0.5, 0.6) is 0 Å². The van der Waals surface area contributed by atoms with Crippen molar-refractivity contribution >= 4 is 17.7 Å². The molecule has 2 aromatic rings. The van der Waals surface area contributed by atoms with Crippen molar-refractivity contribution in [3.05, 3.63) is 41.0 Å². The molecule has 5 nitrogen and oxygen atoms in total. The Morgan fingerprint density at radius 2 is 2.08 bits per heavy atom. The molecule has 0 N–H and O–H groups in total. The van der Waals surface area contributed by atoms with E-state index in [4.69, 9.17) is 4.52 Å². The van der Waals surface area contributed by atoms with Gasteiger partial charge in [0, 0.05) is 23.9 Å². The highest BCUT2D eigenvalue weighted by atomic mass is 32.2. The maximum Gasteiger partial charge on any atom is 0.236 e. The molecule has 1 fully saturated rings. The number of carbonyl (C=O) groups excluding carboxylic acids is 1. The lowest BCUT2D eigenvalue weighted by Gasteiger charge is -2.32. The third kappa shape index (κ3) is 2.95. The summed E-state index contributed by atoms with van der Waals surface area (Å²) in [6, 6.07) is 6.48. The molecule has 1 saturated heterocycles. The monoisotopic (exact) mass is 343 g/mol. The van der Waals surface area contributed by atoms with E-state index in [1.807, 2.05) is 11.8 Å². The van der Waals surface area contributed by atoms with Crippen molar-refractivity contribution in [2.75, 3.05) is 13.1 Å². The number of rotatable bonds is 2. The van der Waals surface area contributed by atoms with Gasteiger partial charge in [0.05, 0.1) is 5.25 Å². The molecule has 4 rings (SSSR count). The number of hydrogen-bond acceptors (Lipinski definition) is 5. The summed E-state index contributed by atoms with van der Waals surface area (Å²) < 4.78 is 5.28. The minimum atomic E-state index is 0.0315. The molecule has 0 spiro atoms. The molecule has 0 saturated carbocycles. The van der Waals surface area contributed by atoms with Crippen LogP contribution in [0.4, 0.5) is 0 Å². The van der Waals surface area contributed by atoms with Gasteiger partial charge in [-0.05, 0) is 44.7 Å². The van der Waals surface area contributed by atoms with Gasteiger partial charge < -0.3 is 9.42 Å². The summed E-state index contributed by atoms with van der Waals surface area (Å²) in [5, 5.41) is 3.90. The fourth-order valence-corrected chi connectivity index (χ4v) is 4.88. The van der Waals surface area contributed by atoms with Crippen LogP contribution >= 0.6 is 11.8 Å². The largest absolute Gasteiger partial charge is 0.342 e. The van der Waals surface area contributed by atoms with E-state index >= 15 is 0 Å². The van der Waals surface area contributed by atoms with Gasteiger partial charge in [0.25, 0.3) is 0 Å². The predicted molar refractivity (Wildman–Crippen MR) is 92.1 cm³/mol.